The van der Waals surface area contributed by atoms with E-state index in [9.17, 15) is 5.11 Å². The summed E-state index contributed by atoms with van der Waals surface area (Å²) in [5.74, 6) is 0. The van der Waals surface area contributed by atoms with Crippen LogP contribution in [0.25, 0.3) is 0 Å². The van der Waals surface area contributed by atoms with Crippen LogP contribution in [-0.2, 0) is 16.1 Å². The standard InChI is InChI=1S/C15H25NO3S/c1-15(2)8-12(5-6-19-15)16-9-13(17)10-18-11-14-4-3-7-20-14/h3-4,7,12-13,16-17H,5-6,8-11H2,1-2H3. The second kappa shape index (κ2) is 7.52. The Morgan fingerprint density at radius 2 is 2.45 bits per heavy atom. The summed E-state index contributed by atoms with van der Waals surface area (Å²) in [5.41, 5.74) is -0.0590. The first kappa shape index (κ1) is 15.9. The Balaban J connectivity index is 1.59. The quantitative estimate of drug-likeness (QED) is 0.810. The molecule has 2 N–H and O–H groups in total. The van der Waals surface area contributed by atoms with Crippen LogP contribution in [0.2, 0.25) is 0 Å². The molecule has 1 aliphatic rings. The van der Waals surface area contributed by atoms with Crippen molar-refractivity contribution >= 4 is 11.3 Å². The van der Waals surface area contributed by atoms with Gasteiger partial charge in [0.1, 0.15) is 0 Å². The topological polar surface area (TPSA) is 50.7 Å². The van der Waals surface area contributed by atoms with E-state index in [1.165, 1.54) is 4.88 Å². The molecule has 4 nitrogen and oxygen atoms in total. The van der Waals surface area contributed by atoms with Gasteiger partial charge in [0.15, 0.2) is 0 Å². The van der Waals surface area contributed by atoms with Gasteiger partial charge in [-0.3, -0.25) is 0 Å². The lowest BCUT2D eigenvalue weighted by Crippen LogP contribution is -2.46. The highest BCUT2D eigenvalue weighted by Crippen LogP contribution is 2.23. The van der Waals surface area contributed by atoms with Crippen LogP contribution < -0.4 is 5.32 Å². The molecule has 2 heterocycles. The molecule has 1 aliphatic heterocycles. The monoisotopic (exact) mass is 299 g/mol. The van der Waals surface area contributed by atoms with E-state index >= 15 is 0 Å². The molecular weight excluding hydrogens is 274 g/mol. The number of hydrogen-bond acceptors (Lipinski definition) is 5. The van der Waals surface area contributed by atoms with Gasteiger partial charge in [0, 0.05) is 24.1 Å². The third-order valence-electron chi connectivity index (χ3n) is 3.47. The Bertz CT molecular complexity index is 380. The number of aliphatic hydroxyl groups excluding tert-OH is 1. The van der Waals surface area contributed by atoms with Gasteiger partial charge in [0.25, 0.3) is 0 Å². The summed E-state index contributed by atoms with van der Waals surface area (Å²) >= 11 is 1.67. The zero-order valence-electron chi connectivity index (χ0n) is 12.3. The minimum absolute atomic E-state index is 0.0590. The highest BCUT2D eigenvalue weighted by atomic mass is 32.1. The van der Waals surface area contributed by atoms with Crippen molar-refractivity contribution in [2.24, 2.45) is 0 Å². The number of ether oxygens (including phenoxy) is 2. The van der Waals surface area contributed by atoms with E-state index in [2.05, 4.69) is 19.2 Å². The van der Waals surface area contributed by atoms with Gasteiger partial charge in [-0.25, -0.2) is 0 Å². The summed E-state index contributed by atoms with van der Waals surface area (Å²) in [6.45, 7) is 6.54. The number of thiophene rings is 1. The fourth-order valence-corrected chi connectivity index (χ4v) is 3.10. The van der Waals surface area contributed by atoms with Crippen molar-refractivity contribution < 1.29 is 14.6 Å². The minimum Gasteiger partial charge on any atom is -0.389 e. The molecule has 0 aliphatic carbocycles. The molecule has 0 bridgehead atoms. The normalized spacial score (nSPS) is 23.6. The van der Waals surface area contributed by atoms with E-state index in [1.54, 1.807) is 11.3 Å². The average Bonchev–Trinajstić information content (AvgIpc) is 2.88. The predicted molar refractivity (Wildman–Crippen MR) is 81.0 cm³/mol. The predicted octanol–water partition coefficient (Wildman–Crippen LogP) is 2.17. The van der Waals surface area contributed by atoms with Gasteiger partial charge < -0.3 is 19.9 Å². The second-order valence-corrected chi connectivity index (χ2v) is 6.99. The molecule has 0 aromatic carbocycles. The van der Waals surface area contributed by atoms with Crippen LogP contribution in [0.1, 0.15) is 31.6 Å². The molecular formula is C15H25NO3S. The Kier molecular flexibility index (Phi) is 5.99. The van der Waals surface area contributed by atoms with Crippen LogP contribution in [0.5, 0.6) is 0 Å². The first-order valence-electron chi connectivity index (χ1n) is 7.21. The van der Waals surface area contributed by atoms with E-state index in [-0.39, 0.29) is 5.60 Å². The smallest absolute Gasteiger partial charge is 0.0897 e. The molecule has 2 unspecified atom stereocenters. The number of aliphatic hydroxyl groups is 1. The third kappa shape index (κ3) is 5.50. The third-order valence-corrected chi connectivity index (χ3v) is 4.32. The molecule has 20 heavy (non-hydrogen) atoms. The van der Waals surface area contributed by atoms with E-state index in [4.69, 9.17) is 9.47 Å². The number of hydrogen-bond donors (Lipinski definition) is 2. The molecule has 114 valence electrons. The Morgan fingerprint density at radius 3 is 3.15 bits per heavy atom. The molecule has 2 atom stereocenters. The van der Waals surface area contributed by atoms with Crippen molar-refractivity contribution in [2.45, 2.75) is 51.0 Å². The lowest BCUT2D eigenvalue weighted by molar-refractivity contribution is -0.0647. The Labute approximate surface area is 125 Å². The van der Waals surface area contributed by atoms with Crippen LogP contribution in [0, 0.1) is 0 Å². The van der Waals surface area contributed by atoms with Crippen molar-refractivity contribution in [3.63, 3.8) is 0 Å². The fourth-order valence-electron chi connectivity index (χ4n) is 2.46. The van der Waals surface area contributed by atoms with Crippen LogP contribution in [0.15, 0.2) is 17.5 Å². The van der Waals surface area contributed by atoms with Gasteiger partial charge in [0.2, 0.25) is 0 Å². The van der Waals surface area contributed by atoms with Gasteiger partial charge in [-0.2, -0.15) is 0 Å². The Morgan fingerprint density at radius 1 is 1.60 bits per heavy atom. The average molecular weight is 299 g/mol. The SMILES string of the molecule is CC1(C)CC(NCC(O)COCc2cccs2)CCO1. The highest BCUT2D eigenvalue weighted by Gasteiger charge is 2.28. The first-order chi connectivity index (χ1) is 9.55. The summed E-state index contributed by atoms with van der Waals surface area (Å²) in [7, 11) is 0. The molecule has 0 spiro atoms. The van der Waals surface area contributed by atoms with E-state index < -0.39 is 6.10 Å². The molecule has 2 rings (SSSR count). The van der Waals surface area contributed by atoms with Crippen molar-refractivity contribution in [1.82, 2.24) is 5.32 Å². The maximum Gasteiger partial charge on any atom is 0.0897 e. The lowest BCUT2D eigenvalue weighted by Gasteiger charge is -2.36. The maximum absolute atomic E-state index is 9.92. The summed E-state index contributed by atoms with van der Waals surface area (Å²) < 4.78 is 11.2. The van der Waals surface area contributed by atoms with Crippen molar-refractivity contribution in [1.29, 1.82) is 0 Å². The van der Waals surface area contributed by atoms with Gasteiger partial charge in [0.05, 0.1) is 24.9 Å². The van der Waals surface area contributed by atoms with Gasteiger partial charge >= 0.3 is 0 Å². The van der Waals surface area contributed by atoms with E-state index in [1.807, 2.05) is 17.5 Å². The molecule has 1 aromatic rings. The van der Waals surface area contributed by atoms with Crippen LogP contribution in [-0.4, -0.2) is 42.6 Å². The first-order valence-corrected chi connectivity index (χ1v) is 8.09. The minimum atomic E-state index is -0.457. The van der Waals surface area contributed by atoms with E-state index in [0.29, 0.717) is 25.8 Å². The molecule has 1 saturated heterocycles. The zero-order valence-corrected chi connectivity index (χ0v) is 13.1. The maximum atomic E-state index is 9.92. The summed E-state index contributed by atoms with van der Waals surface area (Å²) in [6.07, 6.45) is 1.53. The molecule has 0 saturated carbocycles. The molecule has 0 radical (unpaired) electrons. The molecule has 0 amide bonds. The van der Waals surface area contributed by atoms with Crippen molar-refractivity contribution in [3.8, 4) is 0 Å². The van der Waals surface area contributed by atoms with Crippen LogP contribution >= 0.6 is 11.3 Å². The molecule has 5 heteroatoms. The fraction of sp³-hybridized carbons (Fsp3) is 0.733. The largest absolute Gasteiger partial charge is 0.389 e. The summed E-state index contributed by atoms with van der Waals surface area (Å²) in [6, 6.07) is 4.47. The Hall–Kier alpha value is -0.460. The zero-order chi connectivity index (χ0) is 14.4. The van der Waals surface area contributed by atoms with Gasteiger partial charge in [-0.15, -0.1) is 11.3 Å². The molecule has 1 fully saturated rings. The van der Waals surface area contributed by atoms with Crippen LogP contribution in [0.3, 0.4) is 0 Å². The number of rotatable bonds is 7. The van der Waals surface area contributed by atoms with Crippen molar-refractivity contribution in [3.05, 3.63) is 22.4 Å². The second-order valence-electron chi connectivity index (χ2n) is 5.95. The van der Waals surface area contributed by atoms with Gasteiger partial charge in [-0.05, 0) is 38.1 Å². The van der Waals surface area contributed by atoms with Gasteiger partial charge in [-0.1, -0.05) is 6.07 Å². The summed E-state index contributed by atoms with van der Waals surface area (Å²) in [5, 5.41) is 15.4. The number of nitrogens with one attached hydrogen (secondary N) is 1. The molecule has 1 aromatic heterocycles. The van der Waals surface area contributed by atoms with Crippen molar-refractivity contribution in [2.75, 3.05) is 19.8 Å². The van der Waals surface area contributed by atoms with E-state index in [0.717, 1.165) is 19.4 Å². The highest BCUT2D eigenvalue weighted by molar-refractivity contribution is 7.09. The lowest BCUT2D eigenvalue weighted by atomic mass is 9.94. The van der Waals surface area contributed by atoms with Crippen LogP contribution in [0.4, 0.5) is 0 Å². The summed E-state index contributed by atoms with van der Waals surface area (Å²) in [4.78, 5) is 1.19.